The van der Waals surface area contributed by atoms with E-state index in [9.17, 15) is 5.11 Å². The van der Waals surface area contributed by atoms with Crippen LogP contribution in [0.25, 0.3) is 0 Å². The Bertz CT molecular complexity index is 393. The van der Waals surface area contributed by atoms with Crippen molar-refractivity contribution in [2.75, 3.05) is 0 Å². The molecule has 0 atom stereocenters. The van der Waals surface area contributed by atoms with E-state index in [1.807, 2.05) is 6.20 Å². The van der Waals surface area contributed by atoms with Crippen molar-refractivity contribution in [3.8, 4) is 0 Å². The lowest BCUT2D eigenvalue weighted by atomic mass is 9.87. The molecule has 0 bridgehead atoms. The highest BCUT2D eigenvalue weighted by molar-refractivity contribution is 5.12. The number of rotatable bonds is 2. The molecule has 3 nitrogen and oxygen atoms in total. The van der Waals surface area contributed by atoms with E-state index in [0.29, 0.717) is 11.8 Å². The molecule has 0 aliphatic heterocycles. The van der Waals surface area contributed by atoms with Crippen molar-refractivity contribution >= 4 is 0 Å². The summed E-state index contributed by atoms with van der Waals surface area (Å²) in [5.74, 6) is 2.15. The summed E-state index contributed by atoms with van der Waals surface area (Å²) in [6.07, 6.45) is 11.0. The molecule has 3 heteroatoms. The van der Waals surface area contributed by atoms with Crippen LogP contribution in [0.1, 0.15) is 74.7 Å². The third-order valence-electron chi connectivity index (χ3n) is 4.53. The first-order chi connectivity index (χ1) is 8.83. The molecule has 0 unspecified atom stereocenters. The Morgan fingerprint density at radius 1 is 0.944 bits per heavy atom. The second-order valence-corrected chi connectivity index (χ2v) is 5.83. The fourth-order valence-electron chi connectivity index (χ4n) is 3.37. The Hall–Kier alpha value is -0.960. The van der Waals surface area contributed by atoms with E-state index in [1.54, 1.807) is 0 Å². The first-order valence-electron chi connectivity index (χ1n) is 7.34. The average molecular weight is 246 g/mol. The van der Waals surface area contributed by atoms with E-state index in [0.717, 1.165) is 31.5 Å². The fraction of sp³-hybridized carbons (Fsp3) is 0.733. The highest BCUT2D eigenvalue weighted by atomic mass is 16.3. The molecule has 0 amide bonds. The lowest BCUT2D eigenvalue weighted by molar-refractivity contribution is 0.121. The van der Waals surface area contributed by atoms with Gasteiger partial charge in [-0.2, -0.15) is 0 Å². The molecule has 2 saturated carbocycles. The maximum absolute atomic E-state index is 9.56. The maximum Gasteiger partial charge on any atom is 0.131 e. The molecule has 3 rings (SSSR count). The zero-order valence-electron chi connectivity index (χ0n) is 10.9. The van der Waals surface area contributed by atoms with Gasteiger partial charge in [0.05, 0.1) is 6.10 Å². The average Bonchev–Trinajstić information content (AvgIpc) is 2.94. The van der Waals surface area contributed by atoms with Gasteiger partial charge in [-0.05, 0) is 44.6 Å². The molecule has 18 heavy (non-hydrogen) atoms. The molecule has 0 saturated heterocycles. The quantitative estimate of drug-likeness (QED) is 0.872. The third-order valence-corrected chi connectivity index (χ3v) is 4.53. The molecule has 0 aromatic carbocycles. The van der Waals surface area contributed by atoms with Crippen molar-refractivity contribution in [3.05, 3.63) is 23.8 Å². The summed E-state index contributed by atoms with van der Waals surface area (Å²) in [6, 6.07) is 2.09. The normalized spacial score (nSPS) is 29.6. The first kappa shape index (κ1) is 12.1. The SMILES string of the molecule is OC1CCC(c2nccc(C3CCCC3)n2)CC1. The Morgan fingerprint density at radius 3 is 2.39 bits per heavy atom. The minimum absolute atomic E-state index is 0.0979. The minimum Gasteiger partial charge on any atom is -0.393 e. The van der Waals surface area contributed by atoms with Crippen molar-refractivity contribution in [2.24, 2.45) is 0 Å². The summed E-state index contributed by atoms with van der Waals surface area (Å²) in [5, 5.41) is 9.56. The van der Waals surface area contributed by atoms with Gasteiger partial charge in [0.25, 0.3) is 0 Å². The summed E-state index contributed by atoms with van der Waals surface area (Å²) < 4.78 is 0. The predicted molar refractivity (Wildman–Crippen MR) is 70.5 cm³/mol. The number of aliphatic hydroxyl groups is 1. The zero-order chi connectivity index (χ0) is 12.4. The molecular formula is C15H22N2O. The smallest absolute Gasteiger partial charge is 0.131 e. The molecule has 2 aliphatic carbocycles. The summed E-state index contributed by atoms with van der Waals surface area (Å²) in [5.41, 5.74) is 1.25. The van der Waals surface area contributed by atoms with E-state index in [1.165, 1.54) is 31.4 Å². The van der Waals surface area contributed by atoms with Crippen molar-refractivity contribution in [1.29, 1.82) is 0 Å². The molecule has 1 aromatic rings. The van der Waals surface area contributed by atoms with Crippen LogP contribution >= 0.6 is 0 Å². The molecule has 2 fully saturated rings. The topological polar surface area (TPSA) is 46.0 Å². The molecule has 1 N–H and O–H groups in total. The summed E-state index contributed by atoms with van der Waals surface area (Å²) in [4.78, 5) is 9.28. The van der Waals surface area contributed by atoms with Crippen LogP contribution in [-0.4, -0.2) is 21.2 Å². The Balaban J connectivity index is 1.74. The van der Waals surface area contributed by atoms with Gasteiger partial charge in [0.1, 0.15) is 5.82 Å². The Kier molecular flexibility index (Phi) is 3.59. The lowest BCUT2D eigenvalue weighted by Crippen LogP contribution is -2.19. The summed E-state index contributed by atoms with van der Waals surface area (Å²) in [7, 11) is 0. The van der Waals surface area contributed by atoms with Crippen LogP contribution in [0.15, 0.2) is 12.3 Å². The Morgan fingerprint density at radius 2 is 1.67 bits per heavy atom. The fourth-order valence-corrected chi connectivity index (χ4v) is 3.37. The second-order valence-electron chi connectivity index (χ2n) is 5.83. The van der Waals surface area contributed by atoms with Crippen LogP contribution in [0.2, 0.25) is 0 Å². The highest BCUT2D eigenvalue weighted by Crippen LogP contribution is 2.35. The van der Waals surface area contributed by atoms with Gasteiger partial charge >= 0.3 is 0 Å². The van der Waals surface area contributed by atoms with E-state index >= 15 is 0 Å². The van der Waals surface area contributed by atoms with Gasteiger partial charge in [-0.1, -0.05) is 12.8 Å². The van der Waals surface area contributed by atoms with Crippen LogP contribution < -0.4 is 0 Å². The number of hydrogen-bond donors (Lipinski definition) is 1. The molecule has 0 radical (unpaired) electrons. The maximum atomic E-state index is 9.56. The van der Waals surface area contributed by atoms with Gasteiger partial charge in [-0.3, -0.25) is 0 Å². The largest absolute Gasteiger partial charge is 0.393 e. The molecule has 1 heterocycles. The summed E-state index contributed by atoms with van der Waals surface area (Å²) in [6.45, 7) is 0. The zero-order valence-corrected chi connectivity index (χ0v) is 10.9. The van der Waals surface area contributed by atoms with Gasteiger partial charge in [0.15, 0.2) is 0 Å². The van der Waals surface area contributed by atoms with E-state index < -0.39 is 0 Å². The van der Waals surface area contributed by atoms with Gasteiger partial charge < -0.3 is 5.11 Å². The van der Waals surface area contributed by atoms with E-state index in [2.05, 4.69) is 11.1 Å². The lowest BCUT2D eigenvalue weighted by Gasteiger charge is -2.24. The van der Waals surface area contributed by atoms with Crippen molar-refractivity contribution < 1.29 is 5.11 Å². The number of aliphatic hydroxyl groups excluding tert-OH is 1. The van der Waals surface area contributed by atoms with Crippen molar-refractivity contribution in [1.82, 2.24) is 9.97 Å². The molecule has 2 aliphatic rings. The third kappa shape index (κ3) is 2.56. The van der Waals surface area contributed by atoms with E-state index in [-0.39, 0.29) is 6.10 Å². The molecule has 1 aromatic heterocycles. The summed E-state index contributed by atoms with van der Waals surface area (Å²) >= 11 is 0. The van der Waals surface area contributed by atoms with Crippen LogP contribution in [0.3, 0.4) is 0 Å². The molecule has 0 spiro atoms. The standard InChI is InChI=1S/C15H22N2O/c18-13-7-5-12(6-8-13)15-16-10-9-14(17-15)11-3-1-2-4-11/h9-13,18H,1-8H2. The number of nitrogens with zero attached hydrogens (tertiary/aromatic N) is 2. The minimum atomic E-state index is -0.0979. The van der Waals surface area contributed by atoms with Gasteiger partial charge in [0.2, 0.25) is 0 Å². The van der Waals surface area contributed by atoms with Crippen LogP contribution in [0.5, 0.6) is 0 Å². The molecule has 98 valence electrons. The van der Waals surface area contributed by atoms with Crippen molar-refractivity contribution in [2.45, 2.75) is 69.3 Å². The monoisotopic (exact) mass is 246 g/mol. The van der Waals surface area contributed by atoms with Gasteiger partial charge in [-0.15, -0.1) is 0 Å². The Labute approximate surface area is 109 Å². The second kappa shape index (κ2) is 5.35. The van der Waals surface area contributed by atoms with Crippen LogP contribution in [-0.2, 0) is 0 Å². The van der Waals surface area contributed by atoms with Crippen LogP contribution in [0, 0.1) is 0 Å². The van der Waals surface area contributed by atoms with Gasteiger partial charge in [0, 0.05) is 23.7 Å². The number of aromatic nitrogens is 2. The number of hydrogen-bond acceptors (Lipinski definition) is 3. The first-order valence-corrected chi connectivity index (χ1v) is 7.34. The van der Waals surface area contributed by atoms with Crippen molar-refractivity contribution in [3.63, 3.8) is 0 Å². The van der Waals surface area contributed by atoms with Gasteiger partial charge in [-0.25, -0.2) is 9.97 Å². The predicted octanol–water partition coefficient (Wildman–Crippen LogP) is 3.15. The van der Waals surface area contributed by atoms with Crippen LogP contribution in [0.4, 0.5) is 0 Å². The highest BCUT2D eigenvalue weighted by Gasteiger charge is 2.24. The molecular weight excluding hydrogens is 224 g/mol. The van der Waals surface area contributed by atoms with E-state index in [4.69, 9.17) is 4.98 Å².